The van der Waals surface area contributed by atoms with Crippen molar-refractivity contribution in [3.05, 3.63) is 70.6 Å². The van der Waals surface area contributed by atoms with Crippen LogP contribution in [0.15, 0.2) is 48.7 Å². The van der Waals surface area contributed by atoms with E-state index in [1.165, 1.54) is 6.07 Å². The van der Waals surface area contributed by atoms with Crippen LogP contribution in [0.1, 0.15) is 11.1 Å². The highest BCUT2D eigenvalue weighted by Gasteiger charge is 2.08. The summed E-state index contributed by atoms with van der Waals surface area (Å²) in [6.45, 7) is 0.0632. The van der Waals surface area contributed by atoms with E-state index in [9.17, 15) is 9.18 Å². The number of benzene rings is 2. The highest BCUT2D eigenvalue weighted by molar-refractivity contribution is 6.31. The van der Waals surface area contributed by atoms with Gasteiger partial charge in [0.2, 0.25) is 5.91 Å². The molecule has 1 aromatic heterocycles. The molecule has 124 valence electrons. The number of hydrogen-bond acceptors (Lipinski definition) is 2. The number of rotatable bonds is 5. The first-order valence-corrected chi connectivity index (χ1v) is 7.84. The standard InChI is InChI=1S/C18H16ClFN2O2/c19-15-3-2-13-5-6-22(17(13)8-15)10-18(24)21-9-12-1-4-16(20)14(7-12)11-23/h1-8,23H,9-11H2,(H,21,24). The molecule has 0 aliphatic heterocycles. The molecule has 0 spiro atoms. The molecule has 1 amide bonds. The molecule has 0 saturated carbocycles. The number of fused-ring (bicyclic) bond motifs is 1. The molecule has 0 saturated heterocycles. The molecule has 24 heavy (non-hydrogen) atoms. The Balaban J connectivity index is 1.66. The van der Waals surface area contributed by atoms with E-state index in [-0.39, 0.29) is 31.2 Å². The Hall–Kier alpha value is -2.37. The zero-order valence-corrected chi connectivity index (χ0v) is 13.6. The Morgan fingerprint density at radius 2 is 2.04 bits per heavy atom. The topological polar surface area (TPSA) is 54.3 Å². The number of amides is 1. The van der Waals surface area contributed by atoms with Crippen molar-refractivity contribution in [1.82, 2.24) is 9.88 Å². The van der Waals surface area contributed by atoms with Crippen molar-refractivity contribution < 1.29 is 14.3 Å². The van der Waals surface area contributed by atoms with Crippen molar-refractivity contribution in [2.75, 3.05) is 0 Å². The molecule has 1 heterocycles. The van der Waals surface area contributed by atoms with Crippen LogP contribution in [0.5, 0.6) is 0 Å². The van der Waals surface area contributed by atoms with Gasteiger partial charge >= 0.3 is 0 Å². The van der Waals surface area contributed by atoms with Gasteiger partial charge in [0.1, 0.15) is 12.4 Å². The first-order valence-electron chi connectivity index (χ1n) is 7.46. The summed E-state index contributed by atoms with van der Waals surface area (Å²) in [5.41, 5.74) is 1.84. The molecule has 0 atom stereocenters. The van der Waals surface area contributed by atoms with Crippen LogP contribution in [0.4, 0.5) is 4.39 Å². The number of carbonyl (C=O) groups is 1. The highest BCUT2D eigenvalue weighted by atomic mass is 35.5. The van der Waals surface area contributed by atoms with Gasteiger partial charge < -0.3 is 15.0 Å². The summed E-state index contributed by atoms with van der Waals surface area (Å²) in [5, 5.41) is 13.5. The second-order valence-electron chi connectivity index (χ2n) is 5.51. The molecule has 3 rings (SSSR count). The van der Waals surface area contributed by atoms with Crippen molar-refractivity contribution in [2.24, 2.45) is 0 Å². The van der Waals surface area contributed by atoms with E-state index in [1.54, 1.807) is 12.1 Å². The molecule has 2 aromatic carbocycles. The summed E-state index contributed by atoms with van der Waals surface area (Å²) in [7, 11) is 0. The molecule has 6 heteroatoms. The van der Waals surface area contributed by atoms with Gasteiger partial charge in [0.05, 0.1) is 6.61 Å². The summed E-state index contributed by atoms with van der Waals surface area (Å²) in [6.07, 6.45) is 1.84. The van der Waals surface area contributed by atoms with Gasteiger partial charge in [-0.2, -0.15) is 0 Å². The van der Waals surface area contributed by atoms with E-state index in [0.717, 1.165) is 16.5 Å². The van der Waals surface area contributed by atoms with E-state index < -0.39 is 5.82 Å². The molecule has 0 unspecified atom stereocenters. The van der Waals surface area contributed by atoms with Gasteiger partial charge in [0.25, 0.3) is 0 Å². The molecule has 4 nitrogen and oxygen atoms in total. The van der Waals surface area contributed by atoms with Crippen molar-refractivity contribution in [3.8, 4) is 0 Å². The van der Waals surface area contributed by atoms with Crippen LogP contribution in [0, 0.1) is 5.82 Å². The van der Waals surface area contributed by atoms with Gasteiger partial charge in [-0.15, -0.1) is 0 Å². The van der Waals surface area contributed by atoms with Crippen molar-refractivity contribution in [3.63, 3.8) is 0 Å². The lowest BCUT2D eigenvalue weighted by Crippen LogP contribution is -2.26. The molecule has 0 bridgehead atoms. The predicted octanol–water partition coefficient (Wildman–Crippen LogP) is 3.24. The largest absolute Gasteiger partial charge is 0.392 e. The minimum atomic E-state index is -0.455. The van der Waals surface area contributed by atoms with Gasteiger partial charge in [0.15, 0.2) is 0 Å². The third-order valence-corrected chi connectivity index (χ3v) is 4.06. The molecule has 0 aliphatic rings. The van der Waals surface area contributed by atoms with Gasteiger partial charge in [-0.25, -0.2) is 4.39 Å². The fraction of sp³-hybridized carbons (Fsp3) is 0.167. The first kappa shape index (κ1) is 16.5. The number of aliphatic hydroxyl groups excluding tert-OH is 1. The number of aromatic nitrogens is 1. The Labute approximate surface area is 143 Å². The molecule has 0 radical (unpaired) electrons. The van der Waals surface area contributed by atoms with Gasteiger partial charge in [-0.05, 0) is 41.3 Å². The van der Waals surface area contributed by atoms with Crippen molar-refractivity contribution in [2.45, 2.75) is 19.7 Å². The van der Waals surface area contributed by atoms with Gasteiger partial charge in [0, 0.05) is 28.8 Å². The minimum absolute atomic E-state index is 0.164. The van der Waals surface area contributed by atoms with Crippen molar-refractivity contribution >= 4 is 28.4 Å². The lowest BCUT2D eigenvalue weighted by atomic mass is 10.1. The smallest absolute Gasteiger partial charge is 0.240 e. The second kappa shape index (κ2) is 7.03. The third-order valence-electron chi connectivity index (χ3n) is 3.82. The Bertz CT molecular complexity index is 892. The number of hydrogen-bond donors (Lipinski definition) is 2. The van der Waals surface area contributed by atoms with E-state index in [2.05, 4.69) is 5.32 Å². The summed E-state index contributed by atoms with van der Waals surface area (Å²) in [6, 6.07) is 11.9. The highest BCUT2D eigenvalue weighted by Crippen LogP contribution is 2.20. The average molecular weight is 347 g/mol. The average Bonchev–Trinajstić information content (AvgIpc) is 2.96. The number of nitrogens with zero attached hydrogens (tertiary/aromatic N) is 1. The fourth-order valence-electron chi connectivity index (χ4n) is 2.57. The second-order valence-corrected chi connectivity index (χ2v) is 5.94. The van der Waals surface area contributed by atoms with Crippen LogP contribution in [0.25, 0.3) is 10.9 Å². The lowest BCUT2D eigenvalue weighted by Gasteiger charge is -2.09. The van der Waals surface area contributed by atoms with Crippen molar-refractivity contribution in [1.29, 1.82) is 0 Å². The Morgan fingerprint density at radius 1 is 1.21 bits per heavy atom. The number of carbonyl (C=O) groups excluding carboxylic acids is 1. The van der Waals surface area contributed by atoms with Crippen LogP contribution in [0.3, 0.4) is 0 Å². The van der Waals surface area contributed by atoms with Crippen LogP contribution >= 0.6 is 11.6 Å². The maximum Gasteiger partial charge on any atom is 0.240 e. The molecule has 0 aliphatic carbocycles. The summed E-state index contributed by atoms with van der Waals surface area (Å²) in [5.74, 6) is -0.620. The van der Waals surface area contributed by atoms with E-state index in [1.807, 2.05) is 35.0 Å². The maximum atomic E-state index is 13.3. The third kappa shape index (κ3) is 3.58. The van der Waals surface area contributed by atoms with E-state index in [4.69, 9.17) is 16.7 Å². The lowest BCUT2D eigenvalue weighted by molar-refractivity contribution is -0.121. The normalized spacial score (nSPS) is 11.0. The number of aliphatic hydroxyl groups is 1. The SMILES string of the molecule is O=C(Cn1ccc2ccc(Cl)cc21)NCc1ccc(F)c(CO)c1. The molecular formula is C18H16ClFN2O2. The molecule has 2 N–H and O–H groups in total. The van der Waals surface area contributed by atoms with Gasteiger partial charge in [-0.3, -0.25) is 4.79 Å². The van der Waals surface area contributed by atoms with Crippen LogP contribution in [0.2, 0.25) is 5.02 Å². The van der Waals surface area contributed by atoms with Gasteiger partial charge in [-0.1, -0.05) is 23.7 Å². The zero-order chi connectivity index (χ0) is 17.1. The summed E-state index contributed by atoms with van der Waals surface area (Å²) >= 11 is 6.00. The van der Waals surface area contributed by atoms with Crippen LogP contribution < -0.4 is 5.32 Å². The zero-order valence-electron chi connectivity index (χ0n) is 12.8. The van der Waals surface area contributed by atoms with E-state index in [0.29, 0.717) is 5.02 Å². The maximum absolute atomic E-state index is 13.3. The first-order chi connectivity index (χ1) is 11.6. The Kier molecular flexibility index (Phi) is 4.83. The number of halogens is 2. The minimum Gasteiger partial charge on any atom is -0.392 e. The van der Waals surface area contributed by atoms with E-state index >= 15 is 0 Å². The molecule has 3 aromatic rings. The quantitative estimate of drug-likeness (QED) is 0.745. The summed E-state index contributed by atoms with van der Waals surface area (Å²) in [4.78, 5) is 12.1. The molecular weight excluding hydrogens is 331 g/mol. The van der Waals surface area contributed by atoms with Crippen LogP contribution in [-0.4, -0.2) is 15.6 Å². The fourth-order valence-corrected chi connectivity index (χ4v) is 2.73. The number of nitrogens with one attached hydrogen (secondary N) is 1. The molecule has 0 fully saturated rings. The monoisotopic (exact) mass is 346 g/mol. The Morgan fingerprint density at radius 3 is 2.83 bits per heavy atom. The predicted molar refractivity (Wildman–Crippen MR) is 91.1 cm³/mol. The van der Waals surface area contributed by atoms with Crippen LogP contribution in [-0.2, 0) is 24.5 Å². The summed E-state index contributed by atoms with van der Waals surface area (Å²) < 4.78 is 15.2.